The van der Waals surface area contributed by atoms with Gasteiger partial charge in [-0.3, -0.25) is 4.79 Å². The zero-order chi connectivity index (χ0) is 15.7. The molecule has 0 saturated heterocycles. The summed E-state index contributed by atoms with van der Waals surface area (Å²) in [5, 5.41) is 0. The highest BCUT2D eigenvalue weighted by atomic mass is 19.4. The maximum absolute atomic E-state index is 12.8. The van der Waals surface area contributed by atoms with Crippen LogP contribution in [0.1, 0.15) is 22.3 Å². The van der Waals surface area contributed by atoms with E-state index in [1.165, 1.54) is 6.07 Å². The van der Waals surface area contributed by atoms with Crippen LogP contribution in [0.4, 0.5) is 13.2 Å². The fourth-order valence-corrected chi connectivity index (χ4v) is 1.59. The molecule has 0 bridgehead atoms. The molecule has 0 spiro atoms. The molecule has 0 radical (unpaired) electrons. The van der Waals surface area contributed by atoms with Crippen LogP contribution in [-0.4, -0.2) is 39.8 Å². The second kappa shape index (κ2) is 8.63. The van der Waals surface area contributed by atoms with Crippen molar-refractivity contribution in [3.63, 3.8) is 0 Å². The van der Waals surface area contributed by atoms with Crippen molar-refractivity contribution in [2.24, 2.45) is 0 Å². The monoisotopic (exact) mass is 306 g/mol. The highest BCUT2D eigenvalue weighted by molar-refractivity contribution is 5.75. The summed E-state index contributed by atoms with van der Waals surface area (Å²) in [6.45, 7) is 1.19. The van der Waals surface area contributed by atoms with Crippen LogP contribution in [0.2, 0.25) is 0 Å². The largest absolute Gasteiger partial charge is 0.491 e. The number of alkyl halides is 3. The van der Waals surface area contributed by atoms with Crippen molar-refractivity contribution in [3.8, 4) is 5.75 Å². The van der Waals surface area contributed by atoms with E-state index in [0.29, 0.717) is 25.9 Å². The number of ether oxygens (including phenoxy) is 3. The smallest absolute Gasteiger partial charge is 0.419 e. The number of methoxy groups -OCH3 is 1. The van der Waals surface area contributed by atoms with Gasteiger partial charge in [-0.15, -0.1) is 0 Å². The molecule has 4 nitrogen and oxygen atoms in total. The molecule has 0 fully saturated rings. The van der Waals surface area contributed by atoms with Crippen molar-refractivity contribution < 1.29 is 32.2 Å². The Morgan fingerprint density at radius 2 is 1.90 bits per heavy atom. The van der Waals surface area contributed by atoms with E-state index in [2.05, 4.69) is 0 Å². The number of benzene rings is 1. The summed E-state index contributed by atoms with van der Waals surface area (Å²) in [5.74, 6) is -0.311. The summed E-state index contributed by atoms with van der Waals surface area (Å²) in [6.07, 6.45) is -3.51. The average molecular weight is 306 g/mol. The number of carbonyl (C=O) groups excluding carboxylic acids is 1. The fraction of sp³-hybridized carbons (Fsp3) is 0.500. The van der Waals surface area contributed by atoms with E-state index in [-0.39, 0.29) is 24.5 Å². The molecule has 1 rings (SSSR count). The number of carbonyl (C=O) groups is 1. The molecule has 0 aliphatic rings. The summed E-state index contributed by atoms with van der Waals surface area (Å²) in [4.78, 5) is 10.5. The van der Waals surface area contributed by atoms with Gasteiger partial charge >= 0.3 is 6.18 Å². The van der Waals surface area contributed by atoms with Crippen LogP contribution in [0.5, 0.6) is 5.75 Å². The van der Waals surface area contributed by atoms with Gasteiger partial charge in [0.2, 0.25) is 0 Å². The molecular weight excluding hydrogens is 289 g/mol. The fourth-order valence-electron chi connectivity index (χ4n) is 1.59. The van der Waals surface area contributed by atoms with Crippen LogP contribution in [0.25, 0.3) is 0 Å². The zero-order valence-electron chi connectivity index (χ0n) is 11.6. The SMILES string of the molecule is COCCCOCCOc1ccc(C=O)cc1C(F)(F)F. The maximum atomic E-state index is 12.8. The second-order valence-electron chi connectivity index (χ2n) is 4.18. The lowest BCUT2D eigenvalue weighted by Gasteiger charge is -2.14. The molecule has 7 heteroatoms. The van der Waals surface area contributed by atoms with Gasteiger partial charge in [-0.25, -0.2) is 0 Å². The van der Waals surface area contributed by atoms with Crippen LogP contribution in [0.3, 0.4) is 0 Å². The van der Waals surface area contributed by atoms with Crippen molar-refractivity contribution in [3.05, 3.63) is 29.3 Å². The van der Waals surface area contributed by atoms with Crippen molar-refractivity contribution in [1.29, 1.82) is 0 Å². The Morgan fingerprint density at radius 1 is 1.14 bits per heavy atom. The highest BCUT2D eigenvalue weighted by Gasteiger charge is 2.34. The van der Waals surface area contributed by atoms with Crippen LogP contribution in [0, 0.1) is 0 Å². The van der Waals surface area contributed by atoms with E-state index in [1.807, 2.05) is 0 Å². The molecule has 0 aliphatic carbocycles. The van der Waals surface area contributed by atoms with Crippen LogP contribution in [0.15, 0.2) is 18.2 Å². The molecule has 0 saturated carbocycles. The molecule has 1 aromatic rings. The normalized spacial score (nSPS) is 11.4. The van der Waals surface area contributed by atoms with Gasteiger partial charge in [0.15, 0.2) is 0 Å². The first-order valence-corrected chi connectivity index (χ1v) is 6.35. The van der Waals surface area contributed by atoms with E-state index < -0.39 is 11.7 Å². The Kier molecular flexibility index (Phi) is 7.18. The summed E-state index contributed by atoms with van der Waals surface area (Å²) < 4.78 is 53.6. The maximum Gasteiger partial charge on any atom is 0.419 e. The third-order valence-electron chi connectivity index (χ3n) is 2.57. The summed E-state index contributed by atoms with van der Waals surface area (Å²) >= 11 is 0. The Bertz CT molecular complexity index is 446. The first kappa shape index (κ1) is 17.5. The van der Waals surface area contributed by atoms with Gasteiger partial charge in [-0.05, 0) is 24.6 Å². The third-order valence-corrected chi connectivity index (χ3v) is 2.57. The summed E-state index contributed by atoms with van der Waals surface area (Å²) in [5.41, 5.74) is -1.02. The van der Waals surface area contributed by atoms with Crippen molar-refractivity contribution in [1.82, 2.24) is 0 Å². The lowest BCUT2D eigenvalue weighted by Crippen LogP contribution is -2.13. The molecule has 0 atom stereocenters. The Morgan fingerprint density at radius 3 is 2.52 bits per heavy atom. The lowest BCUT2D eigenvalue weighted by molar-refractivity contribution is -0.139. The number of hydrogen-bond donors (Lipinski definition) is 0. The summed E-state index contributed by atoms with van der Waals surface area (Å²) in [7, 11) is 1.57. The minimum Gasteiger partial charge on any atom is -0.491 e. The van der Waals surface area contributed by atoms with Gasteiger partial charge in [0, 0.05) is 25.9 Å². The number of hydrogen-bond acceptors (Lipinski definition) is 4. The molecule has 0 N–H and O–H groups in total. The molecule has 0 aromatic heterocycles. The van der Waals surface area contributed by atoms with Gasteiger partial charge in [0.05, 0.1) is 12.2 Å². The molecule has 21 heavy (non-hydrogen) atoms. The van der Waals surface area contributed by atoms with Crippen LogP contribution >= 0.6 is 0 Å². The van der Waals surface area contributed by atoms with Gasteiger partial charge in [0.25, 0.3) is 0 Å². The molecule has 1 aromatic carbocycles. The van der Waals surface area contributed by atoms with E-state index >= 15 is 0 Å². The molecule has 0 heterocycles. The quantitative estimate of drug-likeness (QED) is 0.520. The zero-order valence-corrected chi connectivity index (χ0v) is 11.6. The third kappa shape index (κ3) is 6.14. The van der Waals surface area contributed by atoms with Crippen molar-refractivity contribution in [2.45, 2.75) is 12.6 Å². The number of halogens is 3. The lowest BCUT2D eigenvalue weighted by atomic mass is 10.1. The van der Waals surface area contributed by atoms with Gasteiger partial charge in [-0.2, -0.15) is 13.2 Å². The van der Waals surface area contributed by atoms with E-state index in [4.69, 9.17) is 14.2 Å². The molecular formula is C14H17F3O4. The Labute approximate surface area is 120 Å². The van der Waals surface area contributed by atoms with E-state index in [1.54, 1.807) is 7.11 Å². The number of rotatable bonds is 9. The van der Waals surface area contributed by atoms with Gasteiger partial charge in [0.1, 0.15) is 18.6 Å². The average Bonchev–Trinajstić information content (AvgIpc) is 2.45. The minimum absolute atomic E-state index is 0.00347. The Balaban J connectivity index is 2.52. The van der Waals surface area contributed by atoms with Crippen molar-refractivity contribution >= 4 is 6.29 Å². The topological polar surface area (TPSA) is 44.8 Å². The first-order chi connectivity index (χ1) is 9.99. The second-order valence-corrected chi connectivity index (χ2v) is 4.18. The van der Waals surface area contributed by atoms with Crippen LogP contribution in [-0.2, 0) is 15.7 Å². The van der Waals surface area contributed by atoms with E-state index in [0.717, 1.165) is 12.1 Å². The predicted octanol–water partition coefficient (Wildman–Crippen LogP) is 2.95. The summed E-state index contributed by atoms with van der Waals surface area (Å²) in [6, 6.07) is 3.18. The molecule has 118 valence electrons. The molecule has 0 unspecified atom stereocenters. The Hall–Kier alpha value is -1.60. The van der Waals surface area contributed by atoms with Gasteiger partial charge in [-0.1, -0.05) is 0 Å². The van der Waals surface area contributed by atoms with Crippen LogP contribution < -0.4 is 4.74 Å². The minimum atomic E-state index is -4.58. The van der Waals surface area contributed by atoms with Gasteiger partial charge < -0.3 is 14.2 Å². The van der Waals surface area contributed by atoms with E-state index in [9.17, 15) is 18.0 Å². The molecule has 0 aliphatic heterocycles. The highest BCUT2D eigenvalue weighted by Crippen LogP contribution is 2.36. The van der Waals surface area contributed by atoms with Crippen molar-refractivity contribution in [2.75, 3.05) is 33.5 Å². The standard InChI is InChI=1S/C14H17F3O4/c1-19-5-2-6-20-7-8-21-13-4-3-11(10-18)9-12(13)14(15,16)17/h3-4,9-10H,2,5-8H2,1H3. The number of aldehydes is 1. The molecule has 0 amide bonds. The first-order valence-electron chi connectivity index (χ1n) is 6.35. The predicted molar refractivity (Wildman–Crippen MR) is 69.6 cm³/mol.